The van der Waals surface area contributed by atoms with Crippen LogP contribution in [0, 0.1) is 23.2 Å². The molecule has 3 atom stereocenters. The Morgan fingerprint density at radius 1 is 1.21 bits per heavy atom. The van der Waals surface area contributed by atoms with Crippen molar-refractivity contribution in [2.24, 2.45) is 23.2 Å². The van der Waals surface area contributed by atoms with E-state index in [1.807, 2.05) is 0 Å². The molecule has 0 saturated heterocycles. The van der Waals surface area contributed by atoms with Crippen molar-refractivity contribution >= 4 is 0 Å². The third-order valence-electron chi connectivity index (χ3n) is 4.52. The van der Waals surface area contributed by atoms with Gasteiger partial charge in [0, 0.05) is 0 Å². The van der Waals surface area contributed by atoms with E-state index in [2.05, 4.69) is 34.6 Å². The van der Waals surface area contributed by atoms with Gasteiger partial charge in [-0.15, -0.1) is 0 Å². The molecule has 1 rings (SSSR count). The third-order valence-corrected chi connectivity index (χ3v) is 4.52. The largest absolute Gasteiger partial charge is 0.393 e. The van der Waals surface area contributed by atoms with Crippen LogP contribution in [-0.2, 0) is 0 Å². The third kappa shape index (κ3) is 2.31. The van der Waals surface area contributed by atoms with Gasteiger partial charge in [0.2, 0.25) is 0 Å². The lowest BCUT2D eigenvalue weighted by atomic mass is 9.62. The lowest BCUT2D eigenvalue weighted by Crippen LogP contribution is -2.41. The fourth-order valence-corrected chi connectivity index (χ4v) is 2.59. The molecule has 0 bridgehead atoms. The van der Waals surface area contributed by atoms with E-state index in [1.165, 1.54) is 12.8 Å². The molecule has 0 aromatic rings. The van der Waals surface area contributed by atoms with Gasteiger partial charge in [0.15, 0.2) is 0 Å². The molecule has 1 N–H and O–H groups in total. The molecule has 1 heteroatoms. The van der Waals surface area contributed by atoms with Gasteiger partial charge in [0.05, 0.1) is 6.10 Å². The van der Waals surface area contributed by atoms with E-state index in [0.717, 1.165) is 12.3 Å². The van der Waals surface area contributed by atoms with Crippen molar-refractivity contribution in [1.82, 2.24) is 0 Å². The molecule has 0 aromatic heterocycles. The summed E-state index contributed by atoms with van der Waals surface area (Å²) < 4.78 is 0. The second kappa shape index (κ2) is 4.22. The van der Waals surface area contributed by atoms with Gasteiger partial charge in [-0.2, -0.15) is 0 Å². The molecular formula is C13H26O. The van der Waals surface area contributed by atoms with Crippen LogP contribution >= 0.6 is 0 Å². The Morgan fingerprint density at radius 3 is 2.29 bits per heavy atom. The summed E-state index contributed by atoms with van der Waals surface area (Å²) >= 11 is 0. The molecule has 0 spiro atoms. The van der Waals surface area contributed by atoms with Crippen LogP contribution in [0.5, 0.6) is 0 Å². The molecular weight excluding hydrogens is 172 g/mol. The number of aliphatic hydroxyl groups excluding tert-OH is 1. The van der Waals surface area contributed by atoms with E-state index >= 15 is 0 Å². The van der Waals surface area contributed by atoms with Crippen LogP contribution in [0.15, 0.2) is 0 Å². The van der Waals surface area contributed by atoms with Crippen LogP contribution in [0.4, 0.5) is 0 Å². The second-order valence-electron chi connectivity index (χ2n) is 6.07. The number of aliphatic hydroxyl groups is 1. The fraction of sp³-hybridized carbons (Fsp3) is 1.00. The summed E-state index contributed by atoms with van der Waals surface area (Å²) in [5, 5.41) is 10.1. The van der Waals surface area contributed by atoms with E-state index in [9.17, 15) is 5.11 Å². The topological polar surface area (TPSA) is 20.2 Å². The van der Waals surface area contributed by atoms with Gasteiger partial charge in [0.1, 0.15) is 0 Å². The monoisotopic (exact) mass is 198 g/mol. The van der Waals surface area contributed by atoms with Crippen molar-refractivity contribution in [2.75, 3.05) is 0 Å². The maximum absolute atomic E-state index is 10.1. The molecule has 1 aliphatic carbocycles. The van der Waals surface area contributed by atoms with Crippen molar-refractivity contribution in [1.29, 1.82) is 0 Å². The minimum atomic E-state index is -0.0661. The second-order valence-corrected chi connectivity index (χ2v) is 6.07. The zero-order valence-corrected chi connectivity index (χ0v) is 10.4. The molecule has 1 aliphatic rings. The normalized spacial score (nSPS) is 34.9. The predicted octanol–water partition coefficient (Wildman–Crippen LogP) is 3.47. The molecule has 3 unspecified atom stereocenters. The first kappa shape index (κ1) is 12.0. The molecule has 1 fully saturated rings. The summed E-state index contributed by atoms with van der Waals surface area (Å²) in [6, 6.07) is 0. The molecule has 0 aromatic carbocycles. The molecule has 1 nitrogen and oxygen atoms in total. The van der Waals surface area contributed by atoms with Gasteiger partial charge in [-0.25, -0.2) is 0 Å². The Kier molecular flexibility index (Phi) is 3.63. The van der Waals surface area contributed by atoms with Crippen molar-refractivity contribution < 1.29 is 5.11 Å². The van der Waals surface area contributed by atoms with Crippen molar-refractivity contribution in [3.8, 4) is 0 Å². The highest BCUT2D eigenvalue weighted by Crippen LogP contribution is 2.44. The average molecular weight is 198 g/mol. The Hall–Kier alpha value is -0.0400. The number of rotatable bonds is 2. The zero-order valence-electron chi connectivity index (χ0n) is 10.4. The van der Waals surface area contributed by atoms with Gasteiger partial charge in [-0.05, 0) is 42.4 Å². The first-order valence-electron chi connectivity index (χ1n) is 6.03. The van der Waals surface area contributed by atoms with Crippen LogP contribution in [0.25, 0.3) is 0 Å². The Balaban J connectivity index is 2.73. The summed E-state index contributed by atoms with van der Waals surface area (Å²) in [7, 11) is 0. The SMILES string of the molecule is CC1CCC(O)C(C(C)(C)C(C)C)C1. The summed E-state index contributed by atoms with van der Waals surface area (Å²) in [5.41, 5.74) is 0.272. The highest BCUT2D eigenvalue weighted by atomic mass is 16.3. The maximum Gasteiger partial charge on any atom is 0.0573 e. The van der Waals surface area contributed by atoms with E-state index in [0.29, 0.717) is 11.8 Å². The standard InChI is InChI=1S/C13H26O/c1-9(2)13(4,5)11-8-10(3)6-7-12(11)14/h9-12,14H,6-8H2,1-5H3. The molecule has 14 heavy (non-hydrogen) atoms. The Morgan fingerprint density at radius 2 is 1.79 bits per heavy atom. The van der Waals surface area contributed by atoms with Crippen molar-refractivity contribution in [3.05, 3.63) is 0 Å². The minimum Gasteiger partial charge on any atom is -0.393 e. The number of hydrogen-bond acceptors (Lipinski definition) is 1. The van der Waals surface area contributed by atoms with Gasteiger partial charge in [-0.1, -0.05) is 34.6 Å². The minimum absolute atomic E-state index is 0.0661. The van der Waals surface area contributed by atoms with Crippen LogP contribution in [0.1, 0.15) is 53.9 Å². The van der Waals surface area contributed by atoms with E-state index in [1.54, 1.807) is 0 Å². The van der Waals surface area contributed by atoms with Gasteiger partial charge in [-0.3, -0.25) is 0 Å². The molecule has 0 amide bonds. The lowest BCUT2D eigenvalue weighted by molar-refractivity contribution is -0.0319. The zero-order chi connectivity index (χ0) is 10.9. The predicted molar refractivity (Wildman–Crippen MR) is 61.1 cm³/mol. The van der Waals surface area contributed by atoms with Crippen LogP contribution in [0.2, 0.25) is 0 Å². The Bertz CT molecular complexity index is 184. The first-order chi connectivity index (χ1) is 6.35. The first-order valence-corrected chi connectivity index (χ1v) is 6.03. The molecule has 84 valence electrons. The van der Waals surface area contributed by atoms with Crippen LogP contribution < -0.4 is 0 Å². The average Bonchev–Trinajstić information content (AvgIpc) is 2.08. The quantitative estimate of drug-likeness (QED) is 0.720. The van der Waals surface area contributed by atoms with E-state index < -0.39 is 0 Å². The molecule has 1 saturated carbocycles. The van der Waals surface area contributed by atoms with Gasteiger partial charge >= 0.3 is 0 Å². The highest BCUT2D eigenvalue weighted by molar-refractivity contribution is 4.89. The molecule has 0 radical (unpaired) electrons. The summed E-state index contributed by atoms with van der Waals surface area (Å²) in [6.45, 7) is 11.5. The van der Waals surface area contributed by atoms with E-state index in [4.69, 9.17) is 0 Å². The van der Waals surface area contributed by atoms with Crippen LogP contribution in [-0.4, -0.2) is 11.2 Å². The van der Waals surface area contributed by atoms with Crippen molar-refractivity contribution in [3.63, 3.8) is 0 Å². The summed E-state index contributed by atoms with van der Waals surface area (Å²) in [6.07, 6.45) is 3.34. The maximum atomic E-state index is 10.1. The highest BCUT2D eigenvalue weighted by Gasteiger charge is 2.39. The Labute approximate surface area is 88.9 Å². The summed E-state index contributed by atoms with van der Waals surface area (Å²) in [5.74, 6) is 1.93. The molecule has 0 heterocycles. The van der Waals surface area contributed by atoms with E-state index in [-0.39, 0.29) is 11.5 Å². The fourth-order valence-electron chi connectivity index (χ4n) is 2.59. The number of hydrogen-bond donors (Lipinski definition) is 1. The van der Waals surface area contributed by atoms with Crippen LogP contribution in [0.3, 0.4) is 0 Å². The van der Waals surface area contributed by atoms with Gasteiger partial charge in [0.25, 0.3) is 0 Å². The summed E-state index contributed by atoms with van der Waals surface area (Å²) in [4.78, 5) is 0. The smallest absolute Gasteiger partial charge is 0.0573 e. The lowest BCUT2D eigenvalue weighted by Gasteiger charge is -2.44. The molecule has 0 aliphatic heterocycles. The van der Waals surface area contributed by atoms with Gasteiger partial charge < -0.3 is 5.11 Å². The van der Waals surface area contributed by atoms with Crippen molar-refractivity contribution in [2.45, 2.75) is 60.0 Å².